The number of halogens is 1. The van der Waals surface area contributed by atoms with Crippen molar-refractivity contribution in [2.24, 2.45) is 0 Å². The number of aromatic amines is 1. The number of nitrogens with one attached hydrogen (secondary N) is 2. The number of imidazole rings is 1. The average molecular weight is 357 g/mol. The van der Waals surface area contributed by atoms with Crippen LogP contribution in [0.1, 0.15) is 16.7 Å². The van der Waals surface area contributed by atoms with Gasteiger partial charge < -0.3 is 10.3 Å². The summed E-state index contributed by atoms with van der Waals surface area (Å²) in [4.78, 5) is 7.42. The van der Waals surface area contributed by atoms with Crippen molar-refractivity contribution in [3.8, 4) is 11.1 Å². The van der Waals surface area contributed by atoms with Gasteiger partial charge in [0.05, 0.1) is 17.4 Å². The number of hydrogen-bond donors (Lipinski definition) is 2. The third-order valence-corrected chi connectivity index (χ3v) is 5.40. The first-order chi connectivity index (χ1) is 13.2. The summed E-state index contributed by atoms with van der Waals surface area (Å²) in [6.45, 7) is 0.820. The molecular formula is C23H20FN3. The third-order valence-electron chi connectivity index (χ3n) is 5.40. The Bertz CT molecular complexity index is 1100. The molecule has 1 aliphatic carbocycles. The molecule has 0 amide bonds. The molecule has 1 atom stereocenters. The monoisotopic (exact) mass is 357 g/mol. The van der Waals surface area contributed by atoms with Crippen molar-refractivity contribution in [2.45, 2.75) is 25.4 Å². The van der Waals surface area contributed by atoms with Crippen molar-refractivity contribution >= 4 is 11.0 Å². The van der Waals surface area contributed by atoms with Crippen LogP contribution >= 0.6 is 0 Å². The molecule has 0 saturated heterocycles. The van der Waals surface area contributed by atoms with Crippen LogP contribution in [0.3, 0.4) is 0 Å². The van der Waals surface area contributed by atoms with Gasteiger partial charge in [0.1, 0.15) is 5.82 Å². The highest BCUT2D eigenvalue weighted by atomic mass is 19.1. The smallest absolute Gasteiger partial charge is 0.123 e. The topological polar surface area (TPSA) is 40.7 Å². The Morgan fingerprint density at radius 2 is 1.74 bits per heavy atom. The van der Waals surface area contributed by atoms with E-state index in [2.05, 4.69) is 51.7 Å². The lowest BCUT2D eigenvalue weighted by Gasteiger charge is -2.12. The largest absolute Gasteiger partial charge is 0.345 e. The van der Waals surface area contributed by atoms with Gasteiger partial charge in [0, 0.05) is 12.6 Å². The lowest BCUT2D eigenvalue weighted by molar-refractivity contribution is 0.532. The molecule has 5 rings (SSSR count). The molecule has 3 nitrogen and oxygen atoms in total. The predicted octanol–water partition coefficient (Wildman–Crippen LogP) is 4.63. The number of nitrogens with zero attached hydrogens (tertiary/aromatic N) is 1. The third kappa shape index (κ3) is 3.24. The highest BCUT2D eigenvalue weighted by molar-refractivity contribution is 5.81. The maximum Gasteiger partial charge on any atom is 0.123 e. The molecule has 27 heavy (non-hydrogen) atoms. The van der Waals surface area contributed by atoms with Gasteiger partial charge in [-0.3, -0.25) is 0 Å². The van der Waals surface area contributed by atoms with E-state index in [4.69, 9.17) is 0 Å². The van der Waals surface area contributed by atoms with Crippen LogP contribution in [0.4, 0.5) is 4.39 Å². The zero-order valence-electron chi connectivity index (χ0n) is 14.9. The van der Waals surface area contributed by atoms with Gasteiger partial charge in [-0.1, -0.05) is 36.4 Å². The second-order valence-electron chi connectivity index (χ2n) is 7.23. The highest BCUT2D eigenvalue weighted by Crippen LogP contribution is 2.25. The Morgan fingerprint density at radius 3 is 2.63 bits per heavy atom. The number of aromatic nitrogens is 2. The van der Waals surface area contributed by atoms with Crippen molar-refractivity contribution in [3.63, 3.8) is 0 Å². The second-order valence-corrected chi connectivity index (χ2v) is 7.23. The van der Waals surface area contributed by atoms with Crippen LogP contribution < -0.4 is 5.32 Å². The van der Waals surface area contributed by atoms with E-state index in [1.165, 1.54) is 22.3 Å². The minimum atomic E-state index is -0.140. The maximum atomic E-state index is 13.4. The molecule has 0 radical (unpaired) electrons. The summed E-state index contributed by atoms with van der Waals surface area (Å²) in [6, 6.07) is 20.4. The molecule has 3 aromatic carbocycles. The van der Waals surface area contributed by atoms with E-state index in [1.54, 1.807) is 18.5 Å². The first-order valence-electron chi connectivity index (χ1n) is 9.28. The number of benzene rings is 3. The fraction of sp³-hybridized carbons (Fsp3) is 0.174. The van der Waals surface area contributed by atoms with E-state index in [1.807, 2.05) is 12.1 Å². The van der Waals surface area contributed by atoms with Gasteiger partial charge in [0.25, 0.3) is 0 Å². The zero-order valence-corrected chi connectivity index (χ0v) is 14.9. The van der Waals surface area contributed by atoms with Gasteiger partial charge >= 0.3 is 0 Å². The Labute approximate surface area is 157 Å². The van der Waals surface area contributed by atoms with Crippen LogP contribution in [0.2, 0.25) is 0 Å². The van der Waals surface area contributed by atoms with Gasteiger partial charge in [-0.2, -0.15) is 0 Å². The summed E-state index contributed by atoms with van der Waals surface area (Å²) in [5.74, 6) is -0.140. The maximum absolute atomic E-state index is 13.4. The first kappa shape index (κ1) is 16.2. The summed E-state index contributed by atoms with van der Waals surface area (Å²) >= 11 is 0. The highest BCUT2D eigenvalue weighted by Gasteiger charge is 2.21. The molecule has 4 aromatic rings. The van der Waals surface area contributed by atoms with Crippen molar-refractivity contribution in [1.82, 2.24) is 15.3 Å². The summed E-state index contributed by atoms with van der Waals surface area (Å²) in [5.41, 5.74) is 8.06. The van der Waals surface area contributed by atoms with Gasteiger partial charge in [0.15, 0.2) is 0 Å². The molecule has 0 fully saturated rings. The number of fused-ring (bicyclic) bond motifs is 2. The van der Waals surface area contributed by atoms with E-state index >= 15 is 0 Å². The van der Waals surface area contributed by atoms with Crippen molar-refractivity contribution in [3.05, 3.63) is 89.5 Å². The summed E-state index contributed by atoms with van der Waals surface area (Å²) < 4.78 is 13.4. The lowest BCUT2D eigenvalue weighted by atomic mass is 10.0. The molecule has 134 valence electrons. The van der Waals surface area contributed by atoms with E-state index in [9.17, 15) is 4.39 Å². The number of H-pyrrole nitrogens is 1. The Morgan fingerprint density at radius 1 is 0.926 bits per heavy atom. The van der Waals surface area contributed by atoms with Crippen LogP contribution in [0.15, 0.2) is 67.0 Å². The first-order valence-corrected chi connectivity index (χ1v) is 9.28. The van der Waals surface area contributed by atoms with E-state index < -0.39 is 0 Å². The molecule has 0 saturated carbocycles. The molecule has 1 aliphatic rings. The van der Waals surface area contributed by atoms with Crippen LogP contribution in [-0.2, 0) is 19.4 Å². The van der Waals surface area contributed by atoms with Crippen molar-refractivity contribution in [2.75, 3.05) is 0 Å². The zero-order chi connectivity index (χ0) is 18.2. The normalized spacial score (nSPS) is 16.0. The average Bonchev–Trinajstić information content (AvgIpc) is 3.32. The Balaban J connectivity index is 1.25. The van der Waals surface area contributed by atoms with Crippen LogP contribution in [0.5, 0.6) is 0 Å². The summed E-state index contributed by atoms with van der Waals surface area (Å²) in [6.07, 6.45) is 3.59. The molecular weight excluding hydrogens is 337 g/mol. The van der Waals surface area contributed by atoms with E-state index in [0.29, 0.717) is 6.04 Å². The lowest BCUT2D eigenvalue weighted by Crippen LogP contribution is -2.28. The molecule has 1 heterocycles. The fourth-order valence-electron chi connectivity index (χ4n) is 3.92. The predicted molar refractivity (Wildman–Crippen MR) is 106 cm³/mol. The van der Waals surface area contributed by atoms with E-state index in [-0.39, 0.29) is 5.82 Å². The minimum absolute atomic E-state index is 0.140. The Kier molecular flexibility index (Phi) is 3.98. The quantitative estimate of drug-likeness (QED) is 0.559. The molecule has 0 spiro atoms. The van der Waals surface area contributed by atoms with Gasteiger partial charge in [-0.05, 0) is 64.9 Å². The van der Waals surface area contributed by atoms with Crippen LogP contribution in [0, 0.1) is 5.82 Å². The SMILES string of the molecule is Fc1ccc2c(c1)C[C@H](NCc1ccc(-c3ccc4nc[nH]c4c3)cc1)C2. The van der Waals surface area contributed by atoms with Gasteiger partial charge in [-0.15, -0.1) is 0 Å². The van der Waals surface area contributed by atoms with Crippen LogP contribution in [-0.4, -0.2) is 16.0 Å². The van der Waals surface area contributed by atoms with Crippen LogP contribution in [0.25, 0.3) is 22.2 Å². The van der Waals surface area contributed by atoms with Crippen molar-refractivity contribution in [1.29, 1.82) is 0 Å². The second kappa shape index (κ2) is 6.63. The molecule has 0 unspecified atom stereocenters. The van der Waals surface area contributed by atoms with Crippen molar-refractivity contribution < 1.29 is 4.39 Å². The number of rotatable bonds is 4. The molecule has 0 bridgehead atoms. The van der Waals surface area contributed by atoms with E-state index in [0.717, 1.165) is 36.0 Å². The standard InChI is InChI=1S/C23H20FN3/c24-20-7-5-17-10-21(11-19(17)9-20)25-13-15-1-3-16(4-2-15)18-6-8-22-23(12-18)27-14-26-22/h1-9,12,14,21,25H,10-11,13H2,(H,26,27)/t21-/m1/s1. The molecule has 4 heteroatoms. The van der Waals surface area contributed by atoms with Gasteiger partial charge in [0.2, 0.25) is 0 Å². The molecule has 1 aromatic heterocycles. The summed E-state index contributed by atoms with van der Waals surface area (Å²) in [5, 5.41) is 3.61. The Hall–Kier alpha value is -2.98. The fourth-order valence-corrected chi connectivity index (χ4v) is 3.92. The molecule has 2 N–H and O–H groups in total. The minimum Gasteiger partial charge on any atom is -0.345 e. The van der Waals surface area contributed by atoms with Gasteiger partial charge in [-0.25, -0.2) is 9.37 Å². The molecule has 0 aliphatic heterocycles. The number of hydrogen-bond acceptors (Lipinski definition) is 2. The summed E-state index contributed by atoms with van der Waals surface area (Å²) in [7, 11) is 0.